The number of nitrogens with zero attached hydrogens (tertiary/aromatic N) is 1. The molecule has 53 valence electrons. The third-order valence-electron chi connectivity index (χ3n) is 1.86. The van der Waals surface area contributed by atoms with Gasteiger partial charge >= 0.3 is 0 Å². The number of rotatable bonds is 2. The van der Waals surface area contributed by atoms with E-state index in [0.717, 1.165) is 13.1 Å². The highest BCUT2D eigenvalue weighted by atomic mass is 16.3. The van der Waals surface area contributed by atoms with E-state index in [1.54, 1.807) is 0 Å². The van der Waals surface area contributed by atoms with E-state index in [9.17, 15) is 0 Å². The molecular formula is C6H12NO2. The monoisotopic (exact) mass is 130 g/mol. The molecule has 9 heavy (non-hydrogen) atoms. The summed E-state index contributed by atoms with van der Waals surface area (Å²) in [5.74, 6) is 0.435. The van der Waals surface area contributed by atoms with Crippen molar-refractivity contribution in [1.29, 1.82) is 0 Å². The lowest BCUT2D eigenvalue weighted by Gasteiger charge is -2.10. The van der Waals surface area contributed by atoms with Crippen LogP contribution in [-0.4, -0.2) is 36.5 Å². The maximum Gasteiger partial charge on any atom is 0.0476 e. The van der Waals surface area contributed by atoms with E-state index >= 15 is 0 Å². The van der Waals surface area contributed by atoms with E-state index in [2.05, 4.69) is 5.32 Å². The topological polar surface area (TPSA) is 54.6 Å². The quantitative estimate of drug-likeness (QED) is 0.494. The Labute approximate surface area is 54.7 Å². The molecule has 1 aliphatic heterocycles. The molecule has 0 amide bonds. The maximum absolute atomic E-state index is 8.70. The minimum absolute atomic E-state index is 0.161. The minimum Gasteiger partial charge on any atom is -0.396 e. The molecule has 2 unspecified atom stereocenters. The zero-order chi connectivity index (χ0) is 6.69. The van der Waals surface area contributed by atoms with Gasteiger partial charge in [0.1, 0.15) is 0 Å². The van der Waals surface area contributed by atoms with E-state index in [0.29, 0.717) is 0 Å². The van der Waals surface area contributed by atoms with Crippen molar-refractivity contribution < 1.29 is 10.2 Å². The van der Waals surface area contributed by atoms with Crippen molar-refractivity contribution in [3.05, 3.63) is 0 Å². The highest BCUT2D eigenvalue weighted by Gasteiger charge is 2.25. The summed E-state index contributed by atoms with van der Waals surface area (Å²) >= 11 is 0. The molecule has 0 bridgehead atoms. The Morgan fingerprint density at radius 2 is 1.56 bits per heavy atom. The average Bonchev–Trinajstić information content (AvgIpc) is 2.33. The summed E-state index contributed by atoms with van der Waals surface area (Å²) < 4.78 is 0. The fourth-order valence-electron chi connectivity index (χ4n) is 1.12. The van der Waals surface area contributed by atoms with Gasteiger partial charge in [-0.25, -0.2) is 5.32 Å². The zero-order valence-corrected chi connectivity index (χ0v) is 5.32. The van der Waals surface area contributed by atoms with Crippen LogP contribution in [0, 0.1) is 11.8 Å². The second-order valence-electron chi connectivity index (χ2n) is 2.47. The van der Waals surface area contributed by atoms with Crippen LogP contribution in [0.15, 0.2) is 0 Å². The Hall–Kier alpha value is -0.120. The summed E-state index contributed by atoms with van der Waals surface area (Å²) in [6, 6.07) is 0. The normalized spacial score (nSPS) is 35.3. The molecule has 0 aromatic heterocycles. The first-order chi connectivity index (χ1) is 4.38. The summed E-state index contributed by atoms with van der Waals surface area (Å²) in [5, 5.41) is 21.5. The Kier molecular flexibility index (Phi) is 2.45. The van der Waals surface area contributed by atoms with E-state index in [1.807, 2.05) is 0 Å². The molecule has 1 heterocycles. The fourth-order valence-corrected chi connectivity index (χ4v) is 1.12. The van der Waals surface area contributed by atoms with Crippen molar-refractivity contribution in [2.45, 2.75) is 0 Å². The third kappa shape index (κ3) is 1.41. The zero-order valence-electron chi connectivity index (χ0n) is 5.32. The second-order valence-corrected chi connectivity index (χ2v) is 2.47. The Bertz CT molecular complexity index is 77.1. The predicted octanol–water partition coefficient (Wildman–Crippen LogP) is -1.18. The number of aliphatic hydroxyl groups excluding tert-OH is 2. The minimum atomic E-state index is 0.161. The lowest BCUT2D eigenvalue weighted by molar-refractivity contribution is 0.152. The third-order valence-corrected chi connectivity index (χ3v) is 1.86. The smallest absolute Gasteiger partial charge is 0.0476 e. The molecule has 3 nitrogen and oxygen atoms in total. The van der Waals surface area contributed by atoms with Gasteiger partial charge in [-0.2, -0.15) is 0 Å². The molecule has 1 aliphatic rings. The van der Waals surface area contributed by atoms with E-state index in [1.165, 1.54) is 0 Å². The van der Waals surface area contributed by atoms with Crippen LogP contribution in [0.5, 0.6) is 0 Å². The van der Waals surface area contributed by atoms with Gasteiger partial charge in [-0.1, -0.05) is 0 Å². The summed E-state index contributed by atoms with van der Waals surface area (Å²) in [6.45, 7) is 1.77. The second kappa shape index (κ2) is 3.15. The largest absolute Gasteiger partial charge is 0.396 e. The van der Waals surface area contributed by atoms with Crippen LogP contribution in [0.1, 0.15) is 0 Å². The van der Waals surface area contributed by atoms with Crippen molar-refractivity contribution in [2.75, 3.05) is 26.3 Å². The number of hydrogen-bond donors (Lipinski definition) is 2. The standard InChI is InChI=1S/C6H12NO2/c8-3-5-1-7-2-6(5)4-9/h5-6,8-9H,1-4H2. The molecule has 1 saturated heterocycles. The van der Waals surface area contributed by atoms with Gasteiger partial charge in [-0.05, 0) is 0 Å². The van der Waals surface area contributed by atoms with Crippen LogP contribution in [0.4, 0.5) is 0 Å². The van der Waals surface area contributed by atoms with Gasteiger partial charge in [0.15, 0.2) is 0 Å². The molecule has 0 aromatic carbocycles. The molecule has 2 atom stereocenters. The van der Waals surface area contributed by atoms with Crippen LogP contribution in [0.25, 0.3) is 0 Å². The predicted molar refractivity (Wildman–Crippen MR) is 33.0 cm³/mol. The molecule has 0 aliphatic carbocycles. The van der Waals surface area contributed by atoms with E-state index in [-0.39, 0.29) is 25.0 Å². The molecule has 1 radical (unpaired) electrons. The van der Waals surface area contributed by atoms with E-state index in [4.69, 9.17) is 10.2 Å². The molecule has 1 fully saturated rings. The van der Waals surface area contributed by atoms with Gasteiger partial charge in [-0.15, -0.1) is 0 Å². The average molecular weight is 130 g/mol. The molecular weight excluding hydrogens is 118 g/mol. The van der Waals surface area contributed by atoms with Crippen molar-refractivity contribution >= 4 is 0 Å². The molecule has 0 saturated carbocycles. The lowest BCUT2D eigenvalue weighted by atomic mass is 9.98. The lowest BCUT2D eigenvalue weighted by Crippen LogP contribution is -2.19. The maximum atomic E-state index is 8.70. The van der Waals surface area contributed by atoms with Crippen LogP contribution in [0.2, 0.25) is 0 Å². The van der Waals surface area contributed by atoms with Crippen molar-refractivity contribution in [3.8, 4) is 0 Å². The summed E-state index contributed by atoms with van der Waals surface area (Å²) in [5.41, 5.74) is 0. The van der Waals surface area contributed by atoms with Crippen LogP contribution in [0.3, 0.4) is 0 Å². The fraction of sp³-hybridized carbons (Fsp3) is 1.00. The van der Waals surface area contributed by atoms with Gasteiger partial charge in [0.05, 0.1) is 0 Å². The van der Waals surface area contributed by atoms with Crippen molar-refractivity contribution in [3.63, 3.8) is 0 Å². The van der Waals surface area contributed by atoms with Gasteiger partial charge in [0.2, 0.25) is 0 Å². The Balaban J connectivity index is 2.32. The first-order valence-corrected chi connectivity index (χ1v) is 3.23. The van der Waals surface area contributed by atoms with Crippen molar-refractivity contribution in [2.24, 2.45) is 11.8 Å². The first-order valence-electron chi connectivity index (χ1n) is 3.23. The molecule has 3 heteroatoms. The van der Waals surface area contributed by atoms with Crippen LogP contribution >= 0.6 is 0 Å². The van der Waals surface area contributed by atoms with E-state index < -0.39 is 0 Å². The van der Waals surface area contributed by atoms with Crippen LogP contribution in [-0.2, 0) is 0 Å². The van der Waals surface area contributed by atoms with Gasteiger partial charge < -0.3 is 10.2 Å². The summed E-state index contributed by atoms with van der Waals surface area (Å²) in [6.07, 6.45) is 0. The van der Waals surface area contributed by atoms with Gasteiger partial charge in [0.25, 0.3) is 0 Å². The SMILES string of the molecule is OCC1C[N]CC1CO. The summed E-state index contributed by atoms with van der Waals surface area (Å²) in [7, 11) is 0. The Morgan fingerprint density at radius 3 is 1.89 bits per heavy atom. The van der Waals surface area contributed by atoms with Gasteiger partial charge in [-0.3, -0.25) is 0 Å². The number of hydrogen-bond acceptors (Lipinski definition) is 2. The van der Waals surface area contributed by atoms with Crippen LogP contribution < -0.4 is 5.32 Å². The molecule has 2 N–H and O–H groups in total. The highest BCUT2D eigenvalue weighted by Crippen LogP contribution is 2.15. The van der Waals surface area contributed by atoms with Gasteiger partial charge in [0, 0.05) is 38.1 Å². The summed E-state index contributed by atoms with van der Waals surface area (Å²) in [4.78, 5) is 0. The van der Waals surface area contributed by atoms with Crippen molar-refractivity contribution in [1.82, 2.24) is 5.32 Å². The molecule has 0 aromatic rings. The Morgan fingerprint density at radius 1 is 1.11 bits per heavy atom. The number of aliphatic hydroxyl groups is 2. The molecule has 1 rings (SSSR count). The molecule has 0 spiro atoms. The first kappa shape index (κ1) is 6.99. The highest BCUT2D eigenvalue weighted by molar-refractivity contribution is 4.79.